The molecule has 1 amide bonds. The lowest BCUT2D eigenvalue weighted by Gasteiger charge is -2.38. The number of nitrogens with one attached hydrogen (secondary N) is 1. The van der Waals surface area contributed by atoms with Gasteiger partial charge in [0.25, 0.3) is 5.91 Å². The van der Waals surface area contributed by atoms with Crippen LogP contribution in [0.5, 0.6) is 11.5 Å². The van der Waals surface area contributed by atoms with Crippen molar-refractivity contribution in [1.29, 1.82) is 0 Å². The van der Waals surface area contributed by atoms with Crippen molar-refractivity contribution in [1.82, 2.24) is 5.32 Å². The topological polar surface area (TPSA) is 84.9 Å². The SMILES string of the molecule is C[C@@H](Oc1ccc(N(C)S(C)(=O)=O)cc1)C(=O)N[C@@H]1CC(C)(C)Oc2ccccc21. The van der Waals surface area contributed by atoms with Crippen LogP contribution in [0.25, 0.3) is 0 Å². The van der Waals surface area contributed by atoms with Crippen LogP contribution in [0.1, 0.15) is 38.8 Å². The van der Waals surface area contributed by atoms with E-state index < -0.39 is 21.7 Å². The zero-order valence-electron chi connectivity index (χ0n) is 17.9. The van der Waals surface area contributed by atoms with E-state index in [4.69, 9.17) is 9.47 Å². The van der Waals surface area contributed by atoms with Crippen LogP contribution in [-0.2, 0) is 14.8 Å². The first kappa shape index (κ1) is 22.0. The van der Waals surface area contributed by atoms with Crippen LogP contribution in [0.2, 0.25) is 0 Å². The Labute approximate surface area is 178 Å². The second-order valence-electron chi connectivity index (χ2n) is 8.15. The fourth-order valence-corrected chi connectivity index (χ4v) is 3.91. The summed E-state index contributed by atoms with van der Waals surface area (Å²) >= 11 is 0. The largest absolute Gasteiger partial charge is 0.487 e. The standard InChI is InChI=1S/C22H28N2O5S/c1-15(28-17-12-10-16(11-13-17)24(4)30(5,26)27)21(25)23-19-14-22(2,3)29-20-9-7-6-8-18(19)20/h6-13,15,19H,14H2,1-5H3,(H,23,25)/t15-,19-/m1/s1. The minimum Gasteiger partial charge on any atom is -0.487 e. The molecule has 0 bridgehead atoms. The van der Waals surface area contributed by atoms with Gasteiger partial charge in [0.1, 0.15) is 17.1 Å². The lowest BCUT2D eigenvalue weighted by atomic mass is 9.89. The zero-order chi connectivity index (χ0) is 22.1. The molecule has 162 valence electrons. The van der Waals surface area contributed by atoms with E-state index in [9.17, 15) is 13.2 Å². The van der Waals surface area contributed by atoms with Gasteiger partial charge in [-0.25, -0.2) is 8.42 Å². The van der Waals surface area contributed by atoms with Crippen molar-refractivity contribution >= 4 is 21.6 Å². The zero-order valence-corrected chi connectivity index (χ0v) is 18.7. The molecule has 7 nitrogen and oxygen atoms in total. The van der Waals surface area contributed by atoms with E-state index in [1.54, 1.807) is 31.2 Å². The third-order valence-electron chi connectivity index (χ3n) is 5.07. The Hall–Kier alpha value is -2.74. The van der Waals surface area contributed by atoms with Crippen molar-refractivity contribution in [3.63, 3.8) is 0 Å². The van der Waals surface area contributed by atoms with Gasteiger partial charge in [-0.3, -0.25) is 9.10 Å². The quantitative estimate of drug-likeness (QED) is 0.757. The highest BCUT2D eigenvalue weighted by molar-refractivity contribution is 7.92. The molecule has 0 saturated carbocycles. The number of nitrogens with zero attached hydrogens (tertiary/aromatic N) is 1. The Balaban J connectivity index is 1.67. The van der Waals surface area contributed by atoms with Gasteiger partial charge in [0.2, 0.25) is 10.0 Å². The second-order valence-corrected chi connectivity index (χ2v) is 10.2. The molecule has 8 heteroatoms. The molecule has 2 atom stereocenters. The number of rotatable bonds is 6. The highest BCUT2D eigenvalue weighted by Gasteiger charge is 2.35. The number of amides is 1. The van der Waals surface area contributed by atoms with Crippen LogP contribution in [0, 0.1) is 0 Å². The molecule has 0 fully saturated rings. The smallest absolute Gasteiger partial charge is 0.261 e. The Morgan fingerprint density at radius 1 is 1.20 bits per heavy atom. The predicted molar refractivity (Wildman–Crippen MR) is 116 cm³/mol. The summed E-state index contributed by atoms with van der Waals surface area (Å²) in [4.78, 5) is 12.8. The van der Waals surface area contributed by atoms with Crippen molar-refractivity contribution < 1.29 is 22.7 Å². The number of fused-ring (bicyclic) bond motifs is 1. The molecule has 2 aromatic rings. The number of ether oxygens (including phenoxy) is 2. The number of hydrogen-bond donors (Lipinski definition) is 1. The average molecular weight is 433 g/mol. The van der Waals surface area contributed by atoms with Gasteiger partial charge in [-0.05, 0) is 51.1 Å². The van der Waals surface area contributed by atoms with Crippen molar-refractivity contribution in [2.24, 2.45) is 0 Å². The van der Waals surface area contributed by atoms with Crippen molar-refractivity contribution in [3.05, 3.63) is 54.1 Å². The summed E-state index contributed by atoms with van der Waals surface area (Å²) in [6.07, 6.45) is 1.07. The molecule has 1 heterocycles. The lowest BCUT2D eigenvalue weighted by Crippen LogP contribution is -2.44. The maximum Gasteiger partial charge on any atom is 0.261 e. The number of para-hydroxylation sites is 1. The lowest BCUT2D eigenvalue weighted by molar-refractivity contribution is -0.128. The van der Waals surface area contributed by atoms with Crippen molar-refractivity contribution in [3.8, 4) is 11.5 Å². The number of sulfonamides is 1. The molecule has 30 heavy (non-hydrogen) atoms. The number of carbonyl (C=O) groups is 1. The van der Waals surface area contributed by atoms with E-state index in [0.717, 1.165) is 17.6 Å². The molecule has 1 aliphatic heterocycles. The normalized spacial score (nSPS) is 18.5. The maximum absolute atomic E-state index is 12.8. The number of benzene rings is 2. The summed E-state index contributed by atoms with van der Waals surface area (Å²) in [5, 5.41) is 3.07. The van der Waals surface area contributed by atoms with E-state index in [1.807, 2.05) is 38.1 Å². The monoisotopic (exact) mass is 432 g/mol. The molecule has 3 rings (SSSR count). The van der Waals surface area contributed by atoms with Crippen LogP contribution in [0.15, 0.2) is 48.5 Å². The Bertz CT molecular complexity index is 1020. The van der Waals surface area contributed by atoms with E-state index in [1.165, 1.54) is 11.4 Å². The van der Waals surface area contributed by atoms with Crippen molar-refractivity contribution in [2.45, 2.75) is 44.9 Å². The van der Waals surface area contributed by atoms with Gasteiger partial charge in [-0.15, -0.1) is 0 Å². The van der Waals surface area contributed by atoms with Gasteiger partial charge in [0.05, 0.1) is 18.0 Å². The fourth-order valence-electron chi connectivity index (χ4n) is 3.40. The molecule has 0 spiro atoms. The summed E-state index contributed by atoms with van der Waals surface area (Å²) in [6.45, 7) is 5.68. The summed E-state index contributed by atoms with van der Waals surface area (Å²) in [5.74, 6) is 1.03. The molecule has 0 aliphatic carbocycles. The third kappa shape index (κ3) is 5.05. The van der Waals surface area contributed by atoms with Crippen LogP contribution in [-0.4, -0.2) is 39.3 Å². The highest BCUT2D eigenvalue weighted by atomic mass is 32.2. The Morgan fingerprint density at radius 3 is 2.47 bits per heavy atom. The Morgan fingerprint density at radius 2 is 1.83 bits per heavy atom. The molecule has 0 saturated heterocycles. The summed E-state index contributed by atoms with van der Waals surface area (Å²) in [6, 6.07) is 14.1. The minimum absolute atomic E-state index is 0.172. The van der Waals surface area contributed by atoms with Gasteiger partial charge < -0.3 is 14.8 Å². The molecular formula is C22H28N2O5S. The Kier molecular flexibility index (Phi) is 5.99. The van der Waals surface area contributed by atoms with Crippen molar-refractivity contribution in [2.75, 3.05) is 17.6 Å². The van der Waals surface area contributed by atoms with Crippen LogP contribution < -0.4 is 19.1 Å². The second kappa shape index (κ2) is 8.18. The first-order valence-corrected chi connectivity index (χ1v) is 11.6. The van der Waals surface area contributed by atoms with Gasteiger partial charge in [0, 0.05) is 19.0 Å². The van der Waals surface area contributed by atoms with E-state index in [0.29, 0.717) is 17.9 Å². The van der Waals surface area contributed by atoms with E-state index in [2.05, 4.69) is 5.32 Å². The van der Waals surface area contributed by atoms with Gasteiger partial charge in [-0.1, -0.05) is 18.2 Å². The van der Waals surface area contributed by atoms with Gasteiger partial charge in [0.15, 0.2) is 6.10 Å². The summed E-state index contributed by atoms with van der Waals surface area (Å²) in [7, 11) is -1.86. The number of anilines is 1. The van der Waals surface area contributed by atoms with Gasteiger partial charge >= 0.3 is 0 Å². The van der Waals surface area contributed by atoms with Crippen LogP contribution >= 0.6 is 0 Å². The first-order chi connectivity index (χ1) is 14.0. The molecule has 1 N–H and O–H groups in total. The fraction of sp³-hybridized carbons (Fsp3) is 0.409. The molecule has 0 radical (unpaired) electrons. The number of hydrogen-bond acceptors (Lipinski definition) is 5. The molecule has 0 unspecified atom stereocenters. The predicted octanol–water partition coefficient (Wildman–Crippen LogP) is 3.27. The number of carbonyl (C=O) groups excluding carboxylic acids is 1. The van der Waals surface area contributed by atoms with Crippen LogP contribution in [0.3, 0.4) is 0 Å². The van der Waals surface area contributed by atoms with Gasteiger partial charge in [-0.2, -0.15) is 0 Å². The summed E-state index contributed by atoms with van der Waals surface area (Å²) < 4.78 is 36.2. The molecule has 2 aromatic carbocycles. The van der Waals surface area contributed by atoms with E-state index in [-0.39, 0.29) is 11.9 Å². The van der Waals surface area contributed by atoms with E-state index >= 15 is 0 Å². The molecular weight excluding hydrogens is 404 g/mol. The molecule has 0 aromatic heterocycles. The molecule has 1 aliphatic rings. The first-order valence-electron chi connectivity index (χ1n) is 9.75. The van der Waals surface area contributed by atoms with Crippen LogP contribution in [0.4, 0.5) is 5.69 Å². The summed E-state index contributed by atoms with van der Waals surface area (Å²) in [5.41, 5.74) is 1.08. The maximum atomic E-state index is 12.8. The minimum atomic E-state index is -3.34. The highest BCUT2D eigenvalue weighted by Crippen LogP contribution is 2.39. The third-order valence-corrected chi connectivity index (χ3v) is 6.28. The average Bonchev–Trinajstić information content (AvgIpc) is 2.66.